The number of aromatic nitrogens is 2. The Morgan fingerprint density at radius 3 is 2.39 bits per heavy atom. The van der Waals surface area contributed by atoms with E-state index < -0.39 is 17.6 Å². The highest BCUT2D eigenvalue weighted by Gasteiger charge is 2.32. The van der Waals surface area contributed by atoms with Crippen LogP contribution in [0, 0.1) is 0 Å². The van der Waals surface area contributed by atoms with Gasteiger partial charge in [0.15, 0.2) is 11.4 Å². The molecule has 2 heterocycles. The Morgan fingerprint density at radius 2 is 1.79 bits per heavy atom. The number of nitrogens with zero attached hydrogens (tertiary/aromatic N) is 3. The molecule has 0 radical (unpaired) electrons. The molecule has 1 fully saturated rings. The lowest BCUT2D eigenvalue weighted by Gasteiger charge is -2.26. The van der Waals surface area contributed by atoms with Crippen LogP contribution in [0.25, 0.3) is 16.9 Å². The minimum atomic E-state index is -4.48. The molecule has 1 aliphatic heterocycles. The summed E-state index contributed by atoms with van der Waals surface area (Å²) in [7, 11) is 1.37. The van der Waals surface area contributed by atoms with Crippen molar-refractivity contribution in [2.75, 3.05) is 33.4 Å². The van der Waals surface area contributed by atoms with Crippen molar-refractivity contribution < 1.29 is 27.4 Å². The van der Waals surface area contributed by atoms with Gasteiger partial charge in [-0.1, -0.05) is 35.9 Å². The van der Waals surface area contributed by atoms with Gasteiger partial charge in [-0.05, 0) is 24.3 Å². The minimum absolute atomic E-state index is 0.0289. The summed E-state index contributed by atoms with van der Waals surface area (Å²) in [5.41, 5.74) is 3.07. The molecule has 3 aromatic rings. The van der Waals surface area contributed by atoms with Crippen molar-refractivity contribution in [2.24, 2.45) is 0 Å². The number of morpholine rings is 1. The van der Waals surface area contributed by atoms with Crippen molar-refractivity contribution in [3.8, 4) is 22.7 Å². The summed E-state index contributed by atoms with van der Waals surface area (Å²) < 4.78 is 51.4. The van der Waals surface area contributed by atoms with E-state index in [9.17, 15) is 18.0 Å². The fourth-order valence-electron chi connectivity index (χ4n) is 3.49. The number of alkyl halides is 3. The minimum Gasteiger partial charge on any atom is -0.492 e. The van der Waals surface area contributed by atoms with Gasteiger partial charge < -0.3 is 9.47 Å². The SMILES string of the molecule is COc1c(C(=O)NN2CCOCC2)nn(-c2ccccc2Cl)c1-c1ccc(C(F)(F)F)cc1. The molecular formula is C22H20ClF3N4O3. The molecular weight excluding hydrogens is 461 g/mol. The number of hydrogen-bond acceptors (Lipinski definition) is 5. The second kappa shape index (κ2) is 9.42. The van der Waals surface area contributed by atoms with Crippen molar-refractivity contribution in [1.29, 1.82) is 0 Å². The van der Waals surface area contributed by atoms with Gasteiger partial charge in [-0.15, -0.1) is 0 Å². The van der Waals surface area contributed by atoms with Gasteiger partial charge in [-0.3, -0.25) is 10.2 Å². The van der Waals surface area contributed by atoms with Gasteiger partial charge >= 0.3 is 6.18 Å². The van der Waals surface area contributed by atoms with Crippen molar-refractivity contribution in [2.45, 2.75) is 6.18 Å². The van der Waals surface area contributed by atoms with Crippen LogP contribution in [0.2, 0.25) is 5.02 Å². The molecule has 1 amide bonds. The number of ether oxygens (including phenoxy) is 2. The zero-order valence-electron chi connectivity index (χ0n) is 17.5. The second-order valence-corrected chi connectivity index (χ2v) is 7.62. The van der Waals surface area contributed by atoms with Crippen LogP contribution in [-0.2, 0) is 10.9 Å². The molecule has 1 N–H and O–H groups in total. The molecule has 1 saturated heterocycles. The normalized spacial score (nSPS) is 14.8. The molecule has 4 rings (SSSR count). The summed E-state index contributed by atoms with van der Waals surface area (Å²) in [4.78, 5) is 13.1. The third-order valence-corrected chi connectivity index (χ3v) is 5.42. The molecule has 2 aromatic carbocycles. The quantitative estimate of drug-likeness (QED) is 0.593. The van der Waals surface area contributed by atoms with Crippen molar-refractivity contribution in [3.05, 3.63) is 64.8 Å². The standard InChI is InChI=1S/C22H20ClF3N4O3/c1-32-20-18(21(31)28-29-10-12-33-13-11-29)27-30(17-5-3-2-4-16(17)23)19(20)14-6-8-15(9-7-14)22(24,25)26/h2-9H,10-13H2,1H3,(H,28,31). The number of rotatable bonds is 5. The van der Waals surface area contributed by atoms with E-state index in [0.29, 0.717) is 48.3 Å². The van der Waals surface area contributed by atoms with Crippen LogP contribution in [0.4, 0.5) is 13.2 Å². The van der Waals surface area contributed by atoms with Gasteiger partial charge in [-0.2, -0.15) is 18.3 Å². The zero-order chi connectivity index (χ0) is 23.6. The van der Waals surface area contributed by atoms with Gasteiger partial charge in [0, 0.05) is 18.7 Å². The van der Waals surface area contributed by atoms with Crippen LogP contribution in [0.15, 0.2) is 48.5 Å². The predicted octanol–water partition coefficient (Wildman–Crippen LogP) is 4.20. The Hall–Kier alpha value is -3.08. The first kappa shape index (κ1) is 23.1. The van der Waals surface area contributed by atoms with Crippen molar-refractivity contribution >= 4 is 17.5 Å². The number of benzene rings is 2. The Morgan fingerprint density at radius 1 is 1.12 bits per heavy atom. The summed E-state index contributed by atoms with van der Waals surface area (Å²) >= 11 is 6.37. The van der Waals surface area contributed by atoms with Crippen LogP contribution in [0.5, 0.6) is 5.75 Å². The maximum atomic E-state index is 13.1. The molecule has 0 unspecified atom stereocenters. The van der Waals surface area contributed by atoms with Gasteiger partial charge in [0.1, 0.15) is 5.69 Å². The maximum absolute atomic E-state index is 13.1. The third kappa shape index (κ3) is 4.82. The number of carbonyl (C=O) groups excluding carboxylic acids is 1. The first-order valence-electron chi connectivity index (χ1n) is 10.0. The monoisotopic (exact) mass is 480 g/mol. The number of halogens is 4. The van der Waals surface area contributed by atoms with E-state index in [1.807, 2.05) is 0 Å². The number of nitrogens with one attached hydrogen (secondary N) is 1. The summed E-state index contributed by atoms with van der Waals surface area (Å²) in [6, 6.07) is 11.3. The number of amides is 1. The Labute approximate surface area is 192 Å². The lowest BCUT2D eigenvalue weighted by atomic mass is 10.1. The average Bonchev–Trinajstić information content (AvgIpc) is 3.19. The molecule has 0 saturated carbocycles. The summed E-state index contributed by atoms with van der Waals surface area (Å²) in [6.07, 6.45) is -4.48. The lowest BCUT2D eigenvalue weighted by molar-refractivity contribution is -0.137. The Bertz CT molecular complexity index is 1140. The van der Waals surface area contributed by atoms with E-state index in [1.165, 1.54) is 23.9 Å². The largest absolute Gasteiger partial charge is 0.492 e. The van der Waals surface area contributed by atoms with E-state index in [0.717, 1.165) is 12.1 Å². The number of carbonyl (C=O) groups is 1. The second-order valence-electron chi connectivity index (χ2n) is 7.21. The topological polar surface area (TPSA) is 68.6 Å². The maximum Gasteiger partial charge on any atom is 0.416 e. The molecule has 7 nitrogen and oxygen atoms in total. The summed E-state index contributed by atoms with van der Waals surface area (Å²) in [6.45, 7) is 1.96. The molecule has 174 valence electrons. The molecule has 11 heteroatoms. The van der Waals surface area contributed by atoms with Gasteiger partial charge in [0.2, 0.25) is 0 Å². The molecule has 1 aromatic heterocycles. The molecule has 0 bridgehead atoms. The number of methoxy groups -OCH3 is 1. The molecule has 0 spiro atoms. The molecule has 1 aliphatic rings. The number of hydrogen-bond donors (Lipinski definition) is 1. The Balaban J connectivity index is 1.83. The first-order chi connectivity index (χ1) is 15.8. The number of para-hydroxylation sites is 1. The van der Waals surface area contributed by atoms with E-state index >= 15 is 0 Å². The summed E-state index contributed by atoms with van der Waals surface area (Å²) in [5.74, 6) is -0.409. The van der Waals surface area contributed by atoms with Gasteiger partial charge in [0.05, 0.1) is 36.6 Å². The van der Waals surface area contributed by atoms with E-state index in [1.54, 1.807) is 29.3 Å². The number of hydrazine groups is 1. The molecule has 33 heavy (non-hydrogen) atoms. The third-order valence-electron chi connectivity index (χ3n) is 5.10. The average molecular weight is 481 g/mol. The highest BCUT2D eigenvalue weighted by atomic mass is 35.5. The summed E-state index contributed by atoms with van der Waals surface area (Å²) in [5, 5.41) is 6.49. The van der Waals surface area contributed by atoms with Crippen molar-refractivity contribution in [3.63, 3.8) is 0 Å². The molecule has 0 aliphatic carbocycles. The Kier molecular flexibility index (Phi) is 6.59. The van der Waals surface area contributed by atoms with Crippen LogP contribution in [-0.4, -0.2) is 54.1 Å². The fourth-order valence-corrected chi connectivity index (χ4v) is 3.70. The van der Waals surface area contributed by atoms with E-state index in [2.05, 4.69) is 10.5 Å². The fraction of sp³-hybridized carbons (Fsp3) is 0.273. The van der Waals surface area contributed by atoms with Crippen LogP contribution < -0.4 is 10.2 Å². The van der Waals surface area contributed by atoms with Crippen LogP contribution >= 0.6 is 11.6 Å². The highest BCUT2D eigenvalue weighted by molar-refractivity contribution is 6.32. The van der Waals surface area contributed by atoms with Crippen molar-refractivity contribution in [1.82, 2.24) is 20.2 Å². The smallest absolute Gasteiger partial charge is 0.416 e. The van der Waals surface area contributed by atoms with E-state index in [4.69, 9.17) is 21.1 Å². The van der Waals surface area contributed by atoms with E-state index in [-0.39, 0.29) is 11.4 Å². The van der Waals surface area contributed by atoms with Crippen LogP contribution in [0.1, 0.15) is 16.1 Å². The molecule has 0 atom stereocenters. The zero-order valence-corrected chi connectivity index (χ0v) is 18.3. The first-order valence-corrected chi connectivity index (χ1v) is 10.4. The van der Waals surface area contributed by atoms with Crippen LogP contribution in [0.3, 0.4) is 0 Å². The predicted molar refractivity (Wildman–Crippen MR) is 115 cm³/mol. The lowest BCUT2D eigenvalue weighted by Crippen LogP contribution is -2.48. The van der Waals surface area contributed by atoms with Gasteiger partial charge in [-0.25, -0.2) is 9.69 Å². The van der Waals surface area contributed by atoms with Gasteiger partial charge in [0.25, 0.3) is 5.91 Å². The highest BCUT2D eigenvalue weighted by Crippen LogP contribution is 2.38.